The van der Waals surface area contributed by atoms with Crippen LogP contribution in [-0.2, 0) is 6.42 Å². The van der Waals surface area contributed by atoms with Gasteiger partial charge in [-0.25, -0.2) is 9.18 Å². The lowest BCUT2D eigenvalue weighted by Gasteiger charge is -2.21. The van der Waals surface area contributed by atoms with Gasteiger partial charge in [0.15, 0.2) is 0 Å². The van der Waals surface area contributed by atoms with Gasteiger partial charge < -0.3 is 9.47 Å². The van der Waals surface area contributed by atoms with Gasteiger partial charge in [0.1, 0.15) is 17.3 Å². The number of carbonyl (C=O) groups is 1. The van der Waals surface area contributed by atoms with Crippen LogP contribution in [0.1, 0.15) is 126 Å². The van der Waals surface area contributed by atoms with Crippen molar-refractivity contribution >= 4 is 5.97 Å². The minimum Gasteiger partial charge on any atom is -0.493 e. The number of carbonyl (C=O) groups excluding carboxylic acids is 1. The summed E-state index contributed by atoms with van der Waals surface area (Å²) in [5, 5.41) is 0. The van der Waals surface area contributed by atoms with Gasteiger partial charge in [-0.15, -0.1) is 0 Å². The average Bonchev–Trinajstić information content (AvgIpc) is 2.92. The third-order valence-electron chi connectivity index (χ3n) is 7.63. The van der Waals surface area contributed by atoms with E-state index in [4.69, 9.17) is 9.47 Å². The Morgan fingerprint density at radius 2 is 1.43 bits per heavy atom. The number of rotatable bonds is 17. The predicted molar refractivity (Wildman–Crippen MR) is 150 cm³/mol. The monoisotopic (exact) mass is 510 g/mol. The van der Waals surface area contributed by atoms with Crippen molar-refractivity contribution in [2.75, 3.05) is 6.61 Å². The van der Waals surface area contributed by atoms with Crippen LogP contribution in [0.15, 0.2) is 42.5 Å². The number of hydrogen-bond donors (Lipinski definition) is 0. The van der Waals surface area contributed by atoms with Crippen LogP contribution in [0.3, 0.4) is 0 Å². The summed E-state index contributed by atoms with van der Waals surface area (Å²) in [5.74, 6) is 0.429. The molecule has 204 valence electrons. The summed E-state index contributed by atoms with van der Waals surface area (Å²) < 4.78 is 25.7. The lowest BCUT2D eigenvalue weighted by molar-refractivity contribution is 0.0730. The van der Waals surface area contributed by atoms with Crippen LogP contribution in [-0.4, -0.2) is 12.6 Å². The summed E-state index contributed by atoms with van der Waals surface area (Å²) in [5.41, 5.74) is 1.17. The Hall–Kier alpha value is -2.36. The molecule has 37 heavy (non-hydrogen) atoms. The average molecular weight is 511 g/mol. The van der Waals surface area contributed by atoms with Crippen molar-refractivity contribution in [2.45, 2.75) is 116 Å². The molecule has 0 N–H and O–H groups in total. The molecule has 0 saturated heterocycles. The minimum absolute atomic E-state index is 0.0762. The van der Waals surface area contributed by atoms with Gasteiger partial charge in [-0.3, -0.25) is 0 Å². The summed E-state index contributed by atoms with van der Waals surface area (Å²) in [6.45, 7) is 2.81. The Balaban J connectivity index is 1.32. The maximum Gasteiger partial charge on any atom is 0.346 e. The second kappa shape index (κ2) is 17.2. The summed E-state index contributed by atoms with van der Waals surface area (Å²) >= 11 is 0. The molecule has 0 unspecified atom stereocenters. The van der Waals surface area contributed by atoms with Crippen LogP contribution in [0.5, 0.6) is 11.5 Å². The summed E-state index contributed by atoms with van der Waals surface area (Å²) in [6.07, 6.45) is 21.7. The van der Waals surface area contributed by atoms with E-state index in [1.807, 2.05) is 12.1 Å². The highest BCUT2D eigenvalue weighted by atomic mass is 19.1. The molecule has 2 aromatic carbocycles. The van der Waals surface area contributed by atoms with Crippen molar-refractivity contribution in [3.05, 3.63) is 59.4 Å². The Morgan fingerprint density at radius 3 is 2.08 bits per heavy atom. The highest BCUT2D eigenvalue weighted by molar-refractivity contribution is 5.91. The maximum absolute atomic E-state index is 14.6. The van der Waals surface area contributed by atoms with Crippen LogP contribution in [0.4, 0.5) is 4.39 Å². The van der Waals surface area contributed by atoms with E-state index in [1.54, 1.807) is 18.2 Å². The first-order valence-electron chi connectivity index (χ1n) is 14.9. The second-order valence-corrected chi connectivity index (χ2v) is 10.7. The zero-order valence-corrected chi connectivity index (χ0v) is 22.9. The van der Waals surface area contributed by atoms with Crippen LogP contribution in [0.2, 0.25) is 0 Å². The lowest BCUT2D eigenvalue weighted by atomic mass is 9.85. The molecule has 0 amide bonds. The quantitative estimate of drug-likeness (QED) is 0.121. The SMILES string of the molecule is CCCCCCCCCCCCOc1ccc(C(=O)Oc2ccc(CCC3CCCCC3)cc2)c(F)c1. The number of benzene rings is 2. The molecule has 2 aromatic rings. The number of ether oxygens (including phenoxy) is 2. The summed E-state index contributed by atoms with van der Waals surface area (Å²) in [4.78, 5) is 12.5. The molecule has 0 atom stereocenters. The van der Waals surface area contributed by atoms with E-state index in [9.17, 15) is 9.18 Å². The van der Waals surface area contributed by atoms with Crippen molar-refractivity contribution in [3.8, 4) is 11.5 Å². The topological polar surface area (TPSA) is 35.5 Å². The van der Waals surface area contributed by atoms with Gasteiger partial charge in [0.25, 0.3) is 0 Å². The molecule has 3 rings (SSSR count). The van der Waals surface area contributed by atoms with Crippen LogP contribution in [0.25, 0.3) is 0 Å². The van der Waals surface area contributed by atoms with Crippen LogP contribution in [0, 0.1) is 11.7 Å². The first-order valence-corrected chi connectivity index (χ1v) is 14.9. The van der Waals surface area contributed by atoms with Crippen molar-refractivity contribution in [2.24, 2.45) is 5.92 Å². The van der Waals surface area contributed by atoms with Crippen molar-refractivity contribution in [3.63, 3.8) is 0 Å². The fraction of sp³-hybridized carbons (Fsp3) is 0.606. The fourth-order valence-corrected chi connectivity index (χ4v) is 5.26. The van der Waals surface area contributed by atoms with E-state index in [0.717, 1.165) is 25.2 Å². The highest BCUT2D eigenvalue weighted by Crippen LogP contribution is 2.28. The lowest BCUT2D eigenvalue weighted by Crippen LogP contribution is -2.11. The van der Waals surface area contributed by atoms with Gasteiger partial charge in [-0.1, -0.05) is 109 Å². The van der Waals surface area contributed by atoms with Crippen LogP contribution < -0.4 is 9.47 Å². The fourth-order valence-electron chi connectivity index (χ4n) is 5.26. The molecule has 1 aliphatic carbocycles. The van der Waals surface area contributed by atoms with Crippen molar-refractivity contribution in [1.82, 2.24) is 0 Å². The van der Waals surface area contributed by atoms with Gasteiger partial charge >= 0.3 is 5.97 Å². The molecule has 4 heteroatoms. The molecule has 0 aromatic heterocycles. The molecule has 3 nitrogen and oxygen atoms in total. The zero-order valence-electron chi connectivity index (χ0n) is 22.9. The van der Waals surface area contributed by atoms with Gasteiger partial charge in [0.2, 0.25) is 0 Å². The molecule has 1 aliphatic rings. The third kappa shape index (κ3) is 11.3. The second-order valence-electron chi connectivity index (χ2n) is 10.7. The molecule has 0 radical (unpaired) electrons. The minimum atomic E-state index is -0.686. The number of aryl methyl sites for hydroxylation is 1. The normalized spacial score (nSPS) is 14.0. The molecular weight excluding hydrogens is 463 g/mol. The summed E-state index contributed by atoms with van der Waals surface area (Å²) in [7, 11) is 0. The van der Waals surface area contributed by atoms with E-state index in [-0.39, 0.29) is 5.56 Å². The van der Waals surface area contributed by atoms with E-state index >= 15 is 0 Å². The third-order valence-corrected chi connectivity index (χ3v) is 7.63. The van der Waals surface area contributed by atoms with Crippen LogP contribution >= 0.6 is 0 Å². The Morgan fingerprint density at radius 1 is 0.811 bits per heavy atom. The molecule has 0 bridgehead atoms. The van der Waals surface area contributed by atoms with E-state index in [0.29, 0.717) is 18.1 Å². The largest absolute Gasteiger partial charge is 0.493 e. The molecular formula is C33H47FO3. The molecule has 0 heterocycles. The Labute approximate surface area is 224 Å². The Bertz CT molecular complexity index is 902. The number of esters is 1. The van der Waals surface area contributed by atoms with Crippen molar-refractivity contribution in [1.29, 1.82) is 0 Å². The highest BCUT2D eigenvalue weighted by Gasteiger charge is 2.16. The van der Waals surface area contributed by atoms with Crippen molar-refractivity contribution < 1.29 is 18.7 Å². The maximum atomic E-state index is 14.6. The summed E-state index contributed by atoms with van der Waals surface area (Å²) in [6, 6.07) is 12.0. The first kappa shape index (κ1) is 29.2. The Kier molecular flexibility index (Phi) is 13.6. The van der Waals surface area contributed by atoms with Gasteiger partial charge in [-0.05, 0) is 55.0 Å². The van der Waals surface area contributed by atoms with Gasteiger partial charge in [-0.2, -0.15) is 0 Å². The number of hydrogen-bond acceptors (Lipinski definition) is 3. The smallest absolute Gasteiger partial charge is 0.346 e. The van der Waals surface area contributed by atoms with Gasteiger partial charge in [0.05, 0.1) is 12.2 Å². The van der Waals surface area contributed by atoms with E-state index < -0.39 is 11.8 Å². The molecule has 1 fully saturated rings. The van der Waals surface area contributed by atoms with Gasteiger partial charge in [0, 0.05) is 6.07 Å². The zero-order chi connectivity index (χ0) is 26.1. The molecule has 0 spiro atoms. The molecule has 0 aliphatic heterocycles. The molecule has 1 saturated carbocycles. The van der Waals surface area contributed by atoms with E-state index in [1.165, 1.54) is 108 Å². The number of halogens is 1. The van der Waals surface area contributed by atoms with E-state index in [2.05, 4.69) is 6.92 Å². The first-order chi connectivity index (χ1) is 18.2. The predicted octanol–water partition coefficient (Wildman–Crippen LogP) is 9.86. The standard InChI is InChI=1S/C33H47FO3/c1-2-3-4-5-6-7-8-9-10-14-25-36-30-23-24-31(32(34)26-30)33(35)37-29-21-19-28(20-22-29)18-17-27-15-12-11-13-16-27/h19-24,26-27H,2-18,25H2,1H3. The number of unbranched alkanes of at least 4 members (excludes halogenated alkanes) is 9.